The van der Waals surface area contributed by atoms with Gasteiger partial charge in [0, 0.05) is 55.5 Å². The van der Waals surface area contributed by atoms with Gasteiger partial charge in [0.1, 0.15) is 5.78 Å². The summed E-state index contributed by atoms with van der Waals surface area (Å²) in [6.07, 6.45) is 0. The number of nitrogens with one attached hydrogen (secondary N) is 2. The molecule has 0 atom stereocenters. The molecule has 0 aliphatic rings. The number of esters is 4. The number of rotatable bonds is 0. The standard InChI is InChI=1S/2C4H6O3.C3H7NO.C3H6O.C2H7N.2C2H4O2.2CH5N/c2*1-3(5)7-4(2)6;1-3(5)4-2;1-3(2)4;1-3-2;2*1-2(3)4;2*1-2/h2*1-2H3;1-2H3,(H,4,5);1-2H3;3H,1-2H3;2*1H3,(H,3,4);2*2H2,1H3. The SMILES string of the molecule is CC(=O)O.CC(=O)O.CC(=O)OC(C)=O.CC(=O)OC(C)=O.CC(C)=O.CN.CN.CNC.CNC(C)=O. The normalized spacial score (nSPS) is 6.53. The average Bonchev–Trinajstić information content (AvgIpc) is 2.69. The lowest BCUT2D eigenvalue weighted by atomic mass is 10.6. The van der Waals surface area contributed by atoms with Gasteiger partial charge in [0.2, 0.25) is 5.91 Å². The Morgan fingerprint density at radius 2 is 0.579 bits per heavy atom. The van der Waals surface area contributed by atoms with E-state index in [1.54, 1.807) is 7.05 Å². The van der Waals surface area contributed by atoms with Crippen LogP contribution in [0.2, 0.25) is 0 Å². The lowest BCUT2D eigenvalue weighted by molar-refractivity contribution is -0.158. The molecule has 0 aromatic carbocycles. The van der Waals surface area contributed by atoms with Crippen LogP contribution >= 0.6 is 0 Å². The number of amides is 1. The summed E-state index contributed by atoms with van der Waals surface area (Å²) in [5, 5.41) is 20.0. The predicted molar refractivity (Wildman–Crippen MR) is 143 cm³/mol. The molecule has 16 heteroatoms. The third-order valence-corrected chi connectivity index (χ3v) is 0.927. The summed E-state index contributed by atoms with van der Waals surface area (Å²) in [5.41, 5.74) is 9.00. The first-order valence-corrected chi connectivity index (χ1v) is 10.3. The predicted octanol–water partition coefficient (Wildman–Crippen LogP) is -0.293. The van der Waals surface area contributed by atoms with Gasteiger partial charge in [-0.1, -0.05) is 0 Å². The largest absolute Gasteiger partial charge is 0.481 e. The molecular formula is C22H50N4O12. The molecule has 16 nitrogen and oxygen atoms in total. The topological polar surface area (TPSA) is 272 Å². The Morgan fingerprint density at radius 1 is 0.500 bits per heavy atom. The van der Waals surface area contributed by atoms with Crippen LogP contribution in [0.3, 0.4) is 0 Å². The molecular weight excluding hydrogens is 512 g/mol. The van der Waals surface area contributed by atoms with Crippen LogP contribution in [0.4, 0.5) is 0 Å². The van der Waals surface area contributed by atoms with E-state index in [9.17, 15) is 28.8 Å². The first-order chi connectivity index (χ1) is 17.1. The lowest BCUT2D eigenvalue weighted by Crippen LogP contribution is -2.11. The Kier molecular flexibility index (Phi) is 91.9. The molecule has 38 heavy (non-hydrogen) atoms. The fourth-order valence-electron chi connectivity index (χ4n) is 0.405. The van der Waals surface area contributed by atoms with E-state index in [1.165, 1.54) is 62.6 Å². The van der Waals surface area contributed by atoms with Gasteiger partial charge in [-0.15, -0.1) is 0 Å². The summed E-state index contributed by atoms with van der Waals surface area (Å²) >= 11 is 0. The van der Waals surface area contributed by atoms with E-state index in [-0.39, 0.29) is 11.7 Å². The van der Waals surface area contributed by atoms with Crippen LogP contribution < -0.4 is 22.1 Å². The molecule has 8 N–H and O–H groups in total. The maximum absolute atomic E-state index is 9.81. The van der Waals surface area contributed by atoms with Gasteiger partial charge < -0.3 is 46.6 Å². The zero-order valence-electron chi connectivity index (χ0n) is 25.1. The molecule has 0 aromatic heterocycles. The Hall–Kier alpha value is -3.76. The highest BCUT2D eigenvalue weighted by Gasteiger charge is 1.94. The van der Waals surface area contributed by atoms with Crippen LogP contribution in [0.15, 0.2) is 0 Å². The molecule has 0 aromatic rings. The van der Waals surface area contributed by atoms with Gasteiger partial charge in [-0.05, 0) is 42.0 Å². The maximum Gasteiger partial charge on any atom is 0.310 e. The molecule has 0 spiro atoms. The van der Waals surface area contributed by atoms with Crippen LogP contribution in [-0.2, 0) is 47.8 Å². The number of ether oxygens (including phenoxy) is 2. The van der Waals surface area contributed by atoms with Gasteiger partial charge in [-0.2, -0.15) is 0 Å². The Labute approximate surface area is 225 Å². The van der Waals surface area contributed by atoms with E-state index in [4.69, 9.17) is 19.8 Å². The summed E-state index contributed by atoms with van der Waals surface area (Å²) in [5.74, 6) is -3.75. The first kappa shape index (κ1) is 59.4. The van der Waals surface area contributed by atoms with Gasteiger partial charge >= 0.3 is 23.9 Å². The molecule has 0 aliphatic carbocycles. The fourth-order valence-corrected chi connectivity index (χ4v) is 0.405. The number of carbonyl (C=O) groups is 8. The first-order valence-electron chi connectivity index (χ1n) is 10.3. The highest BCUT2D eigenvalue weighted by Crippen LogP contribution is 1.74. The van der Waals surface area contributed by atoms with Gasteiger partial charge in [0.15, 0.2) is 0 Å². The van der Waals surface area contributed by atoms with Gasteiger partial charge in [0.05, 0.1) is 0 Å². The molecule has 0 fully saturated rings. The molecule has 0 heterocycles. The van der Waals surface area contributed by atoms with Gasteiger partial charge in [-0.3, -0.25) is 33.6 Å². The van der Waals surface area contributed by atoms with Crippen LogP contribution in [0, 0.1) is 0 Å². The van der Waals surface area contributed by atoms with Gasteiger partial charge in [-0.25, -0.2) is 0 Å². The van der Waals surface area contributed by atoms with Crippen molar-refractivity contribution in [2.24, 2.45) is 11.5 Å². The van der Waals surface area contributed by atoms with E-state index in [0.29, 0.717) is 0 Å². The molecule has 1 amide bonds. The van der Waals surface area contributed by atoms with Crippen molar-refractivity contribution < 1.29 is 58.0 Å². The van der Waals surface area contributed by atoms with Crippen LogP contribution in [0.25, 0.3) is 0 Å². The number of carboxylic acids is 2. The zero-order valence-corrected chi connectivity index (χ0v) is 25.1. The Balaban J connectivity index is -0.0000000367. The minimum Gasteiger partial charge on any atom is -0.481 e. The summed E-state index contributed by atoms with van der Waals surface area (Å²) in [7, 11) is 8.35. The molecule has 230 valence electrons. The lowest BCUT2D eigenvalue weighted by Gasteiger charge is -1.87. The van der Waals surface area contributed by atoms with Crippen molar-refractivity contribution in [2.75, 3.05) is 35.2 Å². The molecule has 0 bridgehead atoms. The Bertz CT molecular complexity index is 521. The fraction of sp³-hybridized carbons (Fsp3) is 0.636. The summed E-state index contributed by atoms with van der Waals surface area (Å²) in [4.78, 5) is 76.4. The van der Waals surface area contributed by atoms with Crippen LogP contribution in [0.5, 0.6) is 0 Å². The average molecular weight is 563 g/mol. The molecule has 0 rings (SSSR count). The summed E-state index contributed by atoms with van der Waals surface area (Å²) in [6.45, 7) is 11.4. The van der Waals surface area contributed by atoms with Crippen LogP contribution in [0.1, 0.15) is 62.3 Å². The number of nitrogens with two attached hydrogens (primary N) is 2. The monoisotopic (exact) mass is 562 g/mol. The second-order valence-electron chi connectivity index (χ2n) is 5.42. The minimum absolute atomic E-state index is 0.00463. The highest BCUT2D eigenvalue weighted by molar-refractivity contribution is 5.82. The Morgan fingerprint density at radius 3 is 0.579 bits per heavy atom. The molecule has 0 aliphatic heterocycles. The number of carboxylic acid groups (broad SMARTS) is 2. The van der Waals surface area contributed by atoms with Crippen molar-refractivity contribution in [2.45, 2.75) is 62.3 Å². The molecule has 0 saturated heterocycles. The number of carbonyl (C=O) groups excluding carboxylic acids is 6. The number of hydrogen-bond acceptors (Lipinski definition) is 13. The molecule has 0 radical (unpaired) electrons. The quantitative estimate of drug-likeness (QED) is 0.163. The number of hydrogen-bond donors (Lipinski definition) is 6. The third kappa shape index (κ3) is 808. The maximum atomic E-state index is 9.81. The van der Waals surface area contributed by atoms with Gasteiger partial charge in [0.25, 0.3) is 11.9 Å². The van der Waals surface area contributed by atoms with Crippen molar-refractivity contribution in [1.82, 2.24) is 10.6 Å². The summed E-state index contributed by atoms with van der Waals surface area (Å²) < 4.78 is 7.94. The molecule has 0 saturated carbocycles. The number of aliphatic carboxylic acids is 2. The zero-order chi connectivity index (χ0) is 33.4. The second-order valence-corrected chi connectivity index (χ2v) is 5.42. The third-order valence-electron chi connectivity index (χ3n) is 0.927. The smallest absolute Gasteiger partial charge is 0.310 e. The van der Waals surface area contributed by atoms with E-state index in [1.807, 2.05) is 14.1 Å². The van der Waals surface area contributed by atoms with E-state index in [2.05, 4.69) is 31.6 Å². The van der Waals surface area contributed by atoms with Crippen molar-refractivity contribution >= 4 is 47.5 Å². The van der Waals surface area contributed by atoms with Crippen molar-refractivity contribution in [3.05, 3.63) is 0 Å². The molecule has 0 unspecified atom stereocenters. The van der Waals surface area contributed by atoms with Crippen molar-refractivity contribution in [1.29, 1.82) is 0 Å². The van der Waals surface area contributed by atoms with E-state index >= 15 is 0 Å². The minimum atomic E-state index is -0.833. The second kappa shape index (κ2) is 58.8. The van der Waals surface area contributed by atoms with Crippen LogP contribution in [-0.4, -0.2) is 93.0 Å². The van der Waals surface area contributed by atoms with E-state index in [0.717, 1.165) is 13.8 Å². The van der Waals surface area contributed by atoms with Crippen molar-refractivity contribution in [3.8, 4) is 0 Å². The van der Waals surface area contributed by atoms with E-state index < -0.39 is 35.8 Å². The number of Topliss-reactive ketones (excluding diaryl/α,β-unsaturated/α-hetero) is 1. The number of ketones is 1. The highest BCUT2D eigenvalue weighted by atomic mass is 16.6. The van der Waals surface area contributed by atoms with Crippen molar-refractivity contribution in [3.63, 3.8) is 0 Å². The summed E-state index contributed by atoms with van der Waals surface area (Å²) in [6, 6.07) is 0.